The molecule has 0 saturated heterocycles. The Morgan fingerprint density at radius 2 is 1.53 bits per heavy atom. The Morgan fingerprint density at radius 1 is 0.894 bits per heavy atom. The molecule has 0 aromatic rings. The predicted molar refractivity (Wildman–Crippen MR) is 175 cm³/mol. The van der Waals surface area contributed by atoms with Gasteiger partial charge in [0.1, 0.15) is 24.2 Å². The molecule has 5 amide bonds. The van der Waals surface area contributed by atoms with Crippen LogP contribution in [0.5, 0.6) is 0 Å². The van der Waals surface area contributed by atoms with Crippen LogP contribution in [-0.2, 0) is 28.8 Å². The maximum Gasteiger partial charge on any atom is 0.245 e. The van der Waals surface area contributed by atoms with Crippen LogP contribution < -0.4 is 27.0 Å². The predicted octanol–water partition coefficient (Wildman–Crippen LogP) is 0.0226. The first-order valence-electron chi connectivity index (χ1n) is 17.3. The average molecular weight is 667 g/mol. The molecule has 14 nitrogen and oxygen atoms in total. The van der Waals surface area contributed by atoms with E-state index in [9.17, 15) is 39.0 Å². The van der Waals surface area contributed by atoms with E-state index in [1.807, 2.05) is 0 Å². The number of aliphatic hydroxyl groups excluding tert-OH is 2. The molecular weight excluding hydrogens is 608 g/mol. The molecule has 2 rings (SSSR count). The van der Waals surface area contributed by atoms with Crippen molar-refractivity contribution in [1.29, 1.82) is 0 Å². The van der Waals surface area contributed by atoms with Gasteiger partial charge in [0.2, 0.25) is 29.5 Å². The molecule has 8 atom stereocenters. The van der Waals surface area contributed by atoms with E-state index in [2.05, 4.69) is 28.2 Å². The molecular formula is C33H58N6O8. The monoisotopic (exact) mass is 666 g/mol. The van der Waals surface area contributed by atoms with E-state index in [-0.39, 0.29) is 37.0 Å². The van der Waals surface area contributed by atoms with Crippen molar-refractivity contribution < 1.29 is 39.0 Å². The Balaban J connectivity index is 2.13. The molecule has 0 aromatic carbocycles. The normalized spacial score (nSPS) is 20.9. The van der Waals surface area contributed by atoms with E-state index >= 15 is 0 Å². The van der Waals surface area contributed by atoms with Gasteiger partial charge in [-0.1, -0.05) is 65.7 Å². The number of amides is 5. The fourth-order valence-electron chi connectivity index (χ4n) is 6.11. The number of carbonyl (C=O) groups is 6. The topological polar surface area (TPSA) is 220 Å². The first-order chi connectivity index (χ1) is 22.3. The Bertz CT molecular complexity index is 1080. The summed E-state index contributed by atoms with van der Waals surface area (Å²) in [7, 11) is 1.52. The fraction of sp³-hybridized carbons (Fsp3) is 0.818. The molecule has 0 bridgehead atoms. The number of nitrogens with two attached hydrogens (primary N) is 1. The number of Topliss-reactive ketones (excluding diaryl/α,β-unsaturated/α-hetero) is 1. The Kier molecular flexibility index (Phi) is 16.8. The van der Waals surface area contributed by atoms with Gasteiger partial charge in [-0.25, -0.2) is 0 Å². The summed E-state index contributed by atoms with van der Waals surface area (Å²) >= 11 is 0. The standard InChI is InChI=1S/C33H58N6O8/c1-6-8-9-13-16-25(41)19(3)33(47)39(5)24(7-2)30(44)38-28(21-14-11-10-12-15-21)32(46)36-23(18-34)29(43)37-27(20(4)40)31(45)35-22-17-26(22)42/h19-25,27-28,40-41H,6-18,34H2,1-5H3,(H,35,45)(H,36,46)(H,37,43)(H,38,44)/t19-,20+,22?,23+,24+,25-,27+,28+/m1/s1. The fourth-order valence-corrected chi connectivity index (χ4v) is 6.11. The highest BCUT2D eigenvalue weighted by Crippen LogP contribution is 2.27. The number of hydrogen-bond donors (Lipinski definition) is 7. The van der Waals surface area contributed by atoms with Crippen molar-refractivity contribution in [2.24, 2.45) is 17.6 Å². The van der Waals surface area contributed by atoms with Crippen molar-refractivity contribution in [2.45, 2.75) is 147 Å². The van der Waals surface area contributed by atoms with Crippen LogP contribution in [0.1, 0.15) is 105 Å². The zero-order valence-corrected chi connectivity index (χ0v) is 28.8. The number of unbranched alkanes of at least 4 members (excludes halogenated alkanes) is 3. The molecule has 0 heterocycles. The second kappa shape index (κ2) is 19.7. The molecule has 8 N–H and O–H groups in total. The number of ketones is 1. The summed E-state index contributed by atoms with van der Waals surface area (Å²) in [5.41, 5.74) is 5.84. The van der Waals surface area contributed by atoms with Crippen LogP contribution in [0.25, 0.3) is 0 Å². The van der Waals surface area contributed by atoms with Crippen molar-refractivity contribution in [3.63, 3.8) is 0 Å². The van der Waals surface area contributed by atoms with Crippen molar-refractivity contribution in [1.82, 2.24) is 26.2 Å². The zero-order chi connectivity index (χ0) is 35.3. The van der Waals surface area contributed by atoms with Crippen LogP contribution in [0.15, 0.2) is 0 Å². The van der Waals surface area contributed by atoms with Crippen LogP contribution in [-0.4, -0.2) is 106 Å². The summed E-state index contributed by atoms with van der Waals surface area (Å²) in [5, 5.41) is 31.1. The molecule has 268 valence electrons. The maximum absolute atomic E-state index is 13.7. The minimum absolute atomic E-state index is 0.150. The number of nitrogens with zero attached hydrogens (tertiary/aromatic N) is 1. The van der Waals surface area contributed by atoms with Gasteiger partial charge in [0.25, 0.3) is 0 Å². The molecule has 47 heavy (non-hydrogen) atoms. The minimum Gasteiger partial charge on any atom is -0.392 e. The lowest BCUT2D eigenvalue weighted by Gasteiger charge is -2.34. The molecule has 1 unspecified atom stereocenters. The molecule has 2 aliphatic rings. The lowest BCUT2D eigenvalue weighted by molar-refractivity contribution is -0.145. The maximum atomic E-state index is 13.7. The van der Waals surface area contributed by atoms with Crippen LogP contribution in [0.4, 0.5) is 0 Å². The van der Waals surface area contributed by atoms with Crippen molar-refractivity contribution in [2.75, 3.05) is 13.6 Å². The SMILES string of the molecule is CCCCCC[C@@H](O)[C@@H](C)C(=O)N(C)[C@@H](CC)C(=O)N[C@H](C(=O)N[C@@H](CN)C(=O)N[C@H](C(=O)NC1CC1=O)[C@H](C)O)C1CCCCC1. The van der Waals surface area contributed by atoms with Crippen LogP contribution in [0.3, 0.4) is 0 Å². The van der Waals surface area contributed by atoms with Gasteiger partial charge in [-0.3, -0.25) is 28.8 Å². The third-order valence-electron chi connectivity index (χ3n) is 9.41. The summed E-state index contributed by atoms with van der Waals surface area (Å²) in [6.07, 6.45) is 6.79. The lowest BCUT2D eigenvalue weighted by Crippen LogP contribution is -2.62. The summed E-state index contributed by atoms with van der Waals surface area (Å²) in [6.45, 7) is 6.50. The van der Waals surface area contributed by atoms with Crippen LogP contribution >= 0.6 is 0 Å². The van der Waals surface area contributed by atoms with Gasteiger partial charge in [0.05, 0.1) is 24.2 Å². The molecule has 0 spiro atoms. The van der Waals surface area contributed by atoms with Crippen molar-refractivity contribution >= 4 is 35.3 Å². The first-order valence-corrected chi connectivity index (χ1v) is 17.3. The third-order valence-corrected chi connectivity index (χ3v) is 9.41. The van der Waals surface area contributed by atoms with Gasteiger partial charge in [0, 0.05) is 20.0 Å². The molecule has 14 heteroatoms. The van der Waals surface area contributed by atoms with E-state index in [0.29, 0.717) is 19.3 Å². The summed E-state index contributed by atoms with van der Waals surface area (Å²) in [6, 6.07) is -5.22. The van der Waals surface area contributed by atoms with E-state index in [1.54, 1.807) is 13.8 Å². The van der Waals surface area contributed by atoms with Gasteiger partial charge in [0.15, 0.2) is 5.78 Å². The smallest absolute Gasteiger partial charge is 0.245 e. The van der Waals surface area contributed by atoms with Gasteiger partial charge in [-0.05, 0) is 38.5 Å². The van der Waals surface area contributed by atoms with Gasteiger partial charge in [-0.2, -0.15) is 0 Å². The number of nitrogens with one attached hydrogen (secondary N) is 4. The van der Waals surface area contributed by atoms with Crippen molar-refractivity contribution in [3.8, 4) is 0 Å². The molecule has 0 aliphatic heterocycles. The van der Waals surface area contributed by atoms with Crippen LogP contribution in [0.2, 0.25) is 0 Å². The Morgan fingerprint density at radius 3 is 2.06 bits per heavy atom. The summed E-state index contributed by atoms with van der Waals surface area (Å²) in [4.78, 5) is 79.1. The number of carbonyl (C=O) groups excluding carboxylic acids is 6. The number of likely N-dealkylation sites (N-methyl/N-ethyl adjacent to an activating group) is 1. The van der Waals surface area contributed by atoms with Crippen LogP contribution in [0, 0.1) is 11.8 Å². The molecule has 2 aliphatic carbocycles. The van der Waals surface area contributed by atoms with E-state index in [0.717, 1.165) is 44.9 Å². The van der Waals surface area contributed by atoms with Crippen molar-refractivity contribution in [3.05, 3.63) is 0 Å². The molecule has 0 aromatic heterocycles. The highest BCUT2D eigenvalue weighted by molar-refractivity contribution is 6.04. The number of hydrogen-bond acceptors (Lipinski definition) is 9. The third kappa shape index (κ3) is 12.1. The lowest BCUT2D eigenvalue weighted by atomic mass is 9.83. The first kappa shape index (κ1) is 40.1. The van der Waals surface area contributed by atoms with E-state index in [4.69, 9.17) is 5.73 Å². The molecule has 2 saturated carbocycles. The van der Waals surface area contributed by atoms with Gasteiger partial charge >= 0.3 is 0 Å². The average Bonchev–Trinajstić information content (AvgIpc) is 3.75. The highest BCUT2D eigenvalue weighted by Gasteiger charge is 2.40. The largest absolute Gasteiger partial charge is 0.392 e. The summed E-state index contributed by atoms with van der Waals surface area (Å²) < 4.78 is 0. The van der Waals surface area contributed by atoms with Gasteiger partial charge < -0.3 is 42.1 Å². The number of aliphatic hydroxyl groups is 2. The quantitative estimate of drug-likeness (QED) is 0.0870. The van der Waals surface area contributed by atoms with E-state index in [1.165, 1.54) is 18.9 Å². The minimum atomic E-state index is -1.38. The van der Waals surface area contributed by atoms with E-state index < -0.39 is 72.0 Å². The Labute approximate surface area is 278 Å². The number of rotatable bonds is 20. The second-order valence-electron chi connectivity index (χ2n) is 13.2. The molecule has 0 radical (unpaired) electrons. The summed E-state index contributed by atoms with van der Waals surface area (Å²) in [5.74, 6) is -4.13. The zero-order valence-electron chi connectivity index (χ0n) is 28.8. The highest BCUT2D eigenvalue weighted by atomic mass is 16.3. The second-order valence-corrected chi connectivity index (χ2v) is 13.2. The van der Waals surface area contributed by atoms with Gasteiger partial charge in [-0.15, -0.1) is 0 Å². The molecule has 2 fully saturated rings. The Hall–Kier alpha value is -3.10.